The van der Waals surface area contributed by atoms with Crippen LogP contribution in [0.5, 0.6) is 0 Å². The molecule has 0 saturated heterocycles. The molecule has 0 spiro atoms. The lowest BCUT2D eigenvalue weighted by atomic mass is 9.99. The lowest BCUT2D eigenvalue weighted by molar-refractivity contribution is 0.875. The van der Waals surface area contributed by atoms with E-state index in [9.17, 15) is 0 Å². The van der Waals surface area contributed by atoms with Crippen molar-refractivity contribution < 1.29 is 0 Å². The fourth-order valence-electron chi connectivity index (χ4n) is 2.65. The first kappa shape index (κ1) is 14.5. The highest BCUT2D eigenvalue weighted by Gasteiger charge is 2.11. The van der Waals surface area contributed by atoms with E-state index in [2.05, 4.69) is 50.1 Å². The minimum Gasteiger partial charge on any atom is -0.373 e. The first-order valence-corrected chi connectivity index (χ1v) is 7.19. The molecule has 1 heterocycles. The van der Waals surface area contributed by atoms with Gasteiger partial charge in [0.25, 0.3) is 0 Å². The maximum atomic E-state index is 4.74. The normalized spacial score (nSPS) is 10.7. The van der Waals surface area contributed by atoms with Crippen LogP contribution < -0.4 is 5.32 Å². The molecule has 0 atom stereocenters. The molecule has 0 fully saturated rings. The zero-order chi connectivity index (χ0) is 14.7. The highest BCUT2D eigenvalue weighted by molar-refractivity contribution is 5.66. The Morgan fingerprint density at radius 3 is 2.20 bits per heavy atom. The molecule has 0 aliphatic rings. The van der Waals surface area contributed by atoms with Gasteiger partial charge in [0.1, 0.15) is 5.82 Å². The molecule has 0 bridgehead atoms. The van der Waals surface area contributed by atoms with Gasteiger partial charge in [-0.05, 0) is 38.3 Å². The van der Waals surface area contributed by atoms with Gasteiger partial charge in [0, 0.05) is 24.4 Å². The van der Waals surface area contributed by atoms with Gasteiger partial charge in [-0.15, -0.1) is 0 Å². The number of aryl methyl sites for hydroxylation is 4. The van der Waals surface area contributed by atoms with Crippen molar-refractivity contribution in [1.82, 2.24) is 9.97 Å². The lowest BCUT2D eigenvalue weighted by Gasteiger charge is -2.12. The van der Waals surface area contributed by atoms with Crippen molar-refractivity contribution in [3.05, 3.63) is 40.6 Å². The maximum Gasteiger partial charge on any atom is 0.162 e. The van der Waals surface area contributed by atoms with Crippen LogP contribution in [0.3, 0.4) is 0 Å². The van der Waals surface area contributed by atoms with E-state index in [0.717, 1.165) is 35.7 Å². The second kappa shape index (κ2) is 6.04. The quantitative estimate of drug-likeness (QED) is 0.909. The highest BCUT2D eigenvalue weighted by Crippen LogP contribution is 2.27. The zero-order valence-electron chi connectivity index (χ0n) is 13.0. The molecule has 2 rings (SSSR count). The summed E-state index contributed by atoms with van der Waals surface area (Å²) in [5.74, 6) is 1.72. The molecule has 1 aromatic heterocycles. The van der Waals surface area contributed by atoms with E-state index in [0.29, 0.717) is 0 Å². The number of hydrogen-bond acceptors (Lipinski definition) is 3. The Labute approximate surface area is 121 Å². The predicted octanol–water partition coefficient (Wildman–Crippen LogP) is 4.06. The second-order valence-electron chi connectivity index (χ2n) is 5.34. The third-order valence-corrected chi connectivity index (χ3v) is 3.44. The van der Waals surface area contributed by atoms with Crippen LogP contribution in [0.25, 0.3) is 11.4 Å². The van der Waals surface area contributed by atoms with E-state index in [1.54, 1.807) is 0 Å². The molecule has 1 aromatic carbocycles. The van der Waals surface area contributed by atoms with Gasteiger partial charge < -0.3 is 5.32 Å². The Morgan fingerprint density at radius 1 is 1.00 bits per heavy atom. The Kier molecular flexibility index (Phi) is 4.38. The highest BCUT2D eigenvalue weighted by atomic mass is 15.0. The van der Waals surface area contributed by atoms with E-state index >= 15 is 0 Å². The first-order valence-electron chi connectivity index (χ1n) is 7.19. The van der Waals surface area contributed by atoms with Crippen LogP contribution in [-0.4, -0.2) is 17.0 Å². The van der Waals surface area contributed by atoms with E-state index in [1.165, 1.54) is 16.7 Å². The van der Waals surface area contributed by atoms with Crippen LogP contribution in [0.4, 0.5) is 5.82 Å². The minimum absolute atomic E-state index is 0.829. The summed E-state index contributed by atoms with van der Waals surface area (Å²) in [6, 6.07) is 6.42. The van der Waals surface area contributed by atoms with E-state index in [1.807, 2.05) is 13.1 Å². The summed E-state index contributed by atoms with van der Waals surface area (Å²) in [5.41, 5.74) is 6.00. The molecule has 20 heavy (non-hydrogen) atoms. The Morgan fingerprint density at radius 2 is 1.65 bits per heavy atom. The van der Waals surface area contributed by atoms with Crippen LogP contribution in [0, 0.1) is 20.8 Å². The molecule has 0 aliphatic carbocycles. The molecule has 3 heteroatoms. The summed E-state index contributed by atoms with van der Waals surface area (Å²) < 4.78 is 0. The molecule has 0 saturated carbocycles. The molecule has 0 unspecified atom stereocenters. The molecular weight excluding hydrogens is 246 g/mol. The third-order valence-electron chi connectivity index (χ3n) is 3.44. The molecule has 0 aliphatic heterocycles. The predicted molar refractivity (Wildman–Crippen MR) is 85.2 cm³/mol. The molecule has 0 amide bonds. The summed E-state index contributed by atoms with van der Waals surface area (Å²) >= 11 is 0. The van der Waals surface area contributed by atoms with Crippen molar-refractivity contribution in [2.45, 2.75) is 40.5 Å². The van der Waals surface area contributed by atoms with Crippen LogP contribution in [0.1, 0.15) is 35.7 Å². The average Bonchev–Trinajstić information content (AvgIpc) is 2.37. The average molecular weight is 269 g/mol. The van der Waals surface area contributed by atoms with E-state index in [4.69, 9.17) is 4.98 Å². The zero-order valence-corrected chi connectivity index (χ0v) is 13.0. The van der Waals surface area contributed by atoms with Gasteiger partial charge in [-0.3, -0.25) is 0 Å². The molecule has 3 nitrogen and oxygen atoms in total. The van der Waals surface area contributed by atoms with Crippen molar-refractivity contribution in [3.8, 4) is 11.4 Å². The Balaban J connectivity index is 2.60. The number of hydrogen-bond donors (Lipinski definition) is 1. The van der Waals surface area contributed by atoms with Gasteiger partial charge in [-0.25, -0.2) is 9.97 Å². The minimum atomic E-state index is 0.829. The van der Waals surface area contributed by atoms with Gasteiger partial charge in [-0.1, -0.05) is 31.0 Å². The second-order valence-corrected chi connectivity index (χ2v) is 5.34. The monoisotopic (exact) mass is 269 g/mol. The summed E-state index contributed by atoms with van der Waals surface area (Å²) in [6.45, 7) is 8.55. The summed E-state index contributed by atoms with van der Waals surface area (Å²) in [7, 11) is 1.90. The fraction of sp³-hybridized carbons (Fsp3) is 0.412. The number of benzene rings is 1. The van der Waals surface area contributed by atoms with Gasteiger partial charge in [-0.2, -0.15) is 0 Å². The largest absolute Gasteiger partial charge is 0.373 e. The third kappa shape index (κ3) is 2.98. The van der Waals surface area contributed by atoms with Crippen LogP contribution in [0.2, 0.25) is 0 Å². The molecule has 2 aromatic rings. The number of nitrogens with zero attached hydrogens (tertiary/aromatic N) is 2. The molecule has 106 valence electrons. The van der Waals surface area contributed by atoms with Crippen LogP contribution in [0.15, 0.2) is 18.2 Å². The Bertz CT molecular complexity index is 595. The first-order chi connectivity index (χ1) is 9.55. The number of nitrogens with one attached hydrogen (secondary N) is 1. The fourth-order valence-corrected chi connectivity index (χ4v) is 2.65. The smallest absolute Gasteiger partial charge is 0.162 e. The van der Waals surface area contributed by atoms with Gasteiger partial charge in [0.2, 0.25) is 0 Å². The molecule has 0 radical (unpaired) electrons. The standard InChI is InChI=1S/C17H23N3/c1-6-7-14-10-15(18-5)20-17(19-14)16-12(3)8-11(2)9-13(16)4/h8-10H,6-7H2,1-5H3,(H,18,19,20). The van der Waals surface area contributed by atoms with E-state index in [-0.39, 0.29) is 0 Å². The molecule has 1 N–H and O–H groups in total. The SMILES string of the molecule is CCCc1cc(NC)nc(-c2c(C)cc(C)cc2C)n1. The number of rotatable bonds is 4. The number of aromatic nitrogens is 2. The van der Waals surface area contributed by atoms with Crippen LogP contribution >= 0.6 is 0 Å². The lowest BCUT2D eigenvalue weighted by Crippen LogP contribution is -2.03. The number of anilines is 1. The van der Waals surface area contributed by atoms with Crippen molar-refractivity contribution in [1.29, 1.82) is 0 Å². The summed E-state index contributed by atoms with van der Waals surface area (Å²) in [6.07, 6.45) is 2.07. The van der Waals surface area contributed by atoms with Gasteiger partial charge >= 0.3 is 0 Å². The van der Waals surface area contributed by atoms with Crippen LogP contribution in [-0.2, 0) is 6.42 Å². The van der Waals surface area contributed by atoms with Crippen molar-refractivity contribution in [2.24, 2.45) is 0 Å². The van der Waals surface area contributed by atoms with Crippen molar-refractivity contribution in [2.75, 3.05) is 12.4 Å². The van der Waals surface area contributed by atoms with Gasteiger partial charge in [0.15, 0.2) is 5.82 Å². The summed E-state index contributed by atoms with van der Waals surface area (Å²) in [5, 5.41) is 3.14. The van der Waals surface area contributed by atoms with E-state index < -0.39 is 0 Å². The maximum absolute atomic E-state index is 4.74. The van der Waals surface area contributed by atoms with Gasteiger partial charge in [0.05, 0.1) is 0 Å². The Hall–Kier alpha value is -1.90. The summed E-state index contributed by atoms with van der Waals surface area (Å²) in [4.78, 5) is 9.38. The van der Waals surface area contributed by atoms with Crippen molar-refractivity contribution >= 4 is 5.82 Å². The molecular formula is C17H23N3. The van der Waals surface area contributed by atoms with Crippen molar-refractivity contribution in [3.63, 3.8) is 0 Å². The topological polar surface area (TPSA) is 37.8 Å².